The van der Waals surface area contributed by atoms with Crippen LogP contribution >= 0.6 is 0 Å². The maximum atomic E-state index is 13.6. The third-order valence-corrected chi connectivity index (χ3v) is 3.24. The summed E-state index contributed by atoms with van der Waals surface area (Å²) in [6, 6.07) is 3.46. The van der Waals surface area contributed by atoms with Crippen LogP contribution in [0.5, 0.6) is 0 Å². The van der Waals surface area contributed by atoms with Crippen molar-refractivity contribution in [2.45, 2.75) is 52.1 Å². The number of hydrogen-bond donors (Lipinski definition) is 0. The fourth-order valence-corrected chi connectivity index (χ4v) is 1.99. The van der Waals surface area contributed by atoms with Crippen LogP contribution in [0, 0.1) is 11.6 Å². The first kappa shape index (κ1) is 19.1. The molecule has 1 rings (SSSR count). The smallest absolute Gasteiger partial charge is 0.306 e. The van der Waals surface area contributed by atoms with Crippen molar-refractivity contribution in [1.82, 2.24) is 0 Å². The Morgan fingerprint density at radius 2 is 1.70 bits per heavy atom. The van der Waals surface area contributed by atoms with Crippen molar-refractivity contribution in [1.29, 1.82) is 0 Å². The Morgan fingerprint density at radius 3 is 2.30 bits per heavy atom. The Labute approximate surface area is 134 Å². The van der Waals surface area contributed by atoms with E-state index in [0.29, 0.717) is 6.61 Å². The highest BCUT2D eigenvalue weighted by Gasteiger charge is 2.19. The summed E-state index contributed by atoms with van der Waals surface area (Å²) in [5.41, 5.74) is -0.278. The van der Waals surface area contributed by atoms with Gasteiger partial charge in [0, 0.05) is 12.8 Å². The molecule has 1 aromatic rings. The lowest BCUT2D eigenvalue weighted by molar-refractivity contribution is -0.149. The topological polar surface area (TPSA) is 52.6 Å². The highest BCUT2D eigenvalue weighted by Crippen LogP contribution is 2.23. The van der Waals surface area contributed by atoms with Gasteiger partial charge in [0.25, 0.3) is 0 Å². The molecule has 0 amide bonds. The van der Waals surface area contributed by atoms with Crippen LogP contribution in [0.3, 0.4) is 0 Å². The lowest BCUT2D eigenvalue weighted by Gasteiger charge is -2.15. The van der Waals surface area contributed by atoms with E-state index in [4.69, 9.17) is 9.47 Å². The molecule has 4 nitrogen and oxygen atoms in total. The second kappa shape index (κ2) is 9.92. The monoisotopic (exact) mass is 328 g/mol. The minimum Gasteiger partial charge on any atom is -0.466 e. The highest BCUT2D eigenvalue weighted by molar-refractivity contribution is 5.72. The molecule has 0 fully saturated rings. The molecule has 0 aliphatic rings. The van der Waals surface area contributed by atoms with Crippen LogP contribution < -0.4 is 0 Å². The summed E-state index contributed by atoms with van der Waals surface area (Å²) in [7, 11) is 0. The third kappa shape index (κ3) is 6.76. The molecule has 0 saturated carbocycles. The molecule has 0 bridgehead atoms. The van der Waals surface area contributed by atoms with E-state index < -0.39 is 23.7 Å². The first-order valence-corrected chi connectivity index (χ1v) is 7.74. The van der Waals surface area contributed by atoms with E-state index in [2.05, 4.69) is 0 Å². The predicted molar refractivity (Wildman–Crippen MR) is 80.6 cm³/mol. The van der Waals surface area contributed by atoms with Crippen LogP contribution in [0.2, 0.25) is 0 Å². The van der Waals surface area contributed by atoms with E-state index in [1.807, 2.05) is 6.92 Å². The number of carbonyl (C=O) groups is 2. The number of benzene rings is 1. The Bertz CT molecular complexity index is 511. The first-order chi connectivity index (χ1) is 11.0. The van der Waals surface area contributed by atoms with Crippen LogP contribution in [0.25, 0.3) is 0 Å². The number of halogens is 2. The van der Waals surface area contributed by atoms with E-state index in [1.165, 1.54) is 13.0 Å². The molecule has 128 valence electrons. The standard InChI is InChI=1S/C17H22F2O4/c1-3-4-11-22-15(20)9-6-10-16(21)23-12(2)17-13(18)7-5-8-14(17)19/h5,7-8,12H,3-4,6,9-11H2,1-2H3. The summed E-state index contributed by atoms with van der Waals surface area (Å²) in [6.07, 6.45) is 1.09. The van der Waals surface area contributed by atoms with Crippen LogP contribution in [0.15, 0.2) is 18.2 Å². The van der Waals surface area contributed by atoms with Crippen LogP contribution in [-0.4, -0.2) is 18.5 Å². The Hall–Kier alpha value is -1.98. The van der Waals surface area contributed by atoms with Crippen molar-refractivity contribution in [2.24, 2.45) is 0 Å². The largest absolute Gasteiger partial charge is 0.466 e. The Morgan fingerprint density at radius 1 is 1.09 bits per heavy atom. The number of rotatable bonds is 9. The molecule has 0 N–H and O–H groups in total. The SMILES string of the molecule is CCCCOC(=O)CCCC(=O)OC(C)c1c(F)cccc1F. The van der Waals surface area contributed by atoms with E-state index in [-0.39, 0.29) is 30.8 Å². The molecule has 0 radical (unpaired) electrons. The Kier molecular flexibility index (Phi) is 8.22. The summed E-state index contributed by atoms with van der Waals surface area (Å²) in [5.74, 6) is -2.49. The van der Waals surface area contributed by atoms with Crippen molar-refractivity contribution in [3.8, 4) is 0 Å². The minimum atomic E-state index is -1.03. The molecule has 0 heterocycles. The molecular formula is C17H22F2O4. The molecule has 1 unspecified atom stereocenters. The zero-order valence-corrected chi connectivity index (χ0v) is 13.4. The predicted octanol–water partition coefficient (Wildman–Crippen LogP) is 4.08. The van der Waals surface area contributed by atoms with Gasteiger partial charge in [-0.15, -0.1) is 0 Å². The second-order valence-electron chi connectivity index (χ2n) is 5.19. The lowest BCUT2D eigenvalue weighted by Crippen LogP contribution is -2.12. The highest BCUT2D eigenvalue weighted by atomic mass is 19.1. The zero-order valence-electron chi connectivity index (χ0n) is 13.4. The number of unbranched alkanes of at least 4 members (excludes halogenated alkanes) is 1. The molecule has 0 aliphatic heterocycles. The van der Waals surface area contributed by atoms with Gasteiger partial charge < -0.3 is 9.47 Å². The number of esters is 2. The summed E-state index contributed by atoms with van der Waals surface area (Å²) in [4.78, 5) is 23.0. The van der Waals surface area contributed by atoms with Gasteiger partial charge in [0.2, 0.25) is 0 Å². The lowest BCUT2D eigenvalue weighted by atomic mass is 10.1. The number of carbonyl (C=O) groups excluding carboxylic acids is 2. The van der Waals surface area contributed by atoms with Crippen molar-refractivity contribution in [2.75, 3.05) is 6.61 Å². The van der Waals surface area contributed by atoms with E-state index in [0.717, 1.165) is 25.0 Å². The van der Waals surface area contributed by atoms with Gasteiger partial charge in [0.05, 0.1) is 12.2 Å². The average Bonchev–Trinajstić information content (AvgIpc) is 2.47. The number of hydrogen-bond acceptors (Lipinski definition) is 4. The molecule has 23 heavy (non-hydrogen) atoms. The molecule has 0 aromatic heterocycles. The van der Waals surface area contributed by atoms with Gasteiger partial charge in [0.15, 0.2) is 0 Å². The molecule has 6 heteroatoms. The summed E-state index contributed by atoms with van der Waals surface area (Å²) in [5, 5.41) is 0. The zero-order chi connectivity index (χ0) is 17.2. The van der Waals surface area contributed by atoms with Gasteiger partial charge >= 0.3 is 11.9 Å². The molecule has 0 saturated heterocycles. The Balaban J connectivity index is 2.35. The maximum Gasteiger partial charge on any atom is 0.306 e. The molecule has 1 aromatic carbocycles. The summed E-state index contributed by atoms with van der Waals surface area (Å²) in [6.45, 7) is 3.77. The maximum absolute atomic E-state index is 13.6. The van der Waals surface area contributed by atoms with Gasteiger partial charge in [-0.25, -0.2) is 8.78 Å². The van der Waals surface area contributed by atoms with Crippen molar-refractivity contribution in [3.05, 3.63) is 35.4 Å². The first-order valence-electron chi connectivity index (χ1n) is 7.74. The van der Waals surface area contributed by atoms with Gasteiger partial charge in [-0.05, 0) is 31.9 Å². The van der Waals surface area contributed by atoms with Crippen LogP contribution in [0.4, 0.5) is 8.78 Å². The fourth-order valence-electron chi connectivity index (χ4n) is 1.99. The van der Waals surface area contributed by atoms with E-state index >= 15 is 0 Å². The average molecular weight is 328 g/mol. The number of ether oxygens (including phenoxy) is 2. The minimum absolute atomic E-state index is 0.0106. The molecule has 0 spiro atoms. The van der Waals surface area contributed by atoms with Gasteiger partial charge in [-0.2, -0.15) is 0 Å². The van der Waals surface area contributed by atoms with E-state index in [1.54, 1.807) is 0 Å². The normalized spacial score (nSPS) is 11.8. The van der Waals surface area contributed by atoms with Crippen molar-refractivity contribution >= 4 is 11.9 Å². The molecule has 0 aliphatic carbocycles. The molecule has 1 atom stereocenters. The van der Waals surface area contributed by atoms with Crippen LogP contribution in [-0.2, 0) is 19.1 Å². The second-order valence-corrected chi connectivity index (χ2v) is 5.19. The summed E-state index contributed by atoms with van der Waals surface area (Å²) < 4.78 is 37.1. The van der Waals surface area contributed by atoms with Gasteiger partial charge in [0.1, 0.15) is 17.7 Å². The quantitative estimate of drug-likeness (QED) is 0.506. The molecular weight excluding hydrogens is 306 g/mol. The van der Waals surface area contributed by atoms with Crippen molar-refractivity contribution < 1.29 is 27.8 Å². The van der Waals surface area contributed by atoms with Crippen molar-refractivity contribution in [3.63, 3.8) is 0 Å². The van der Waals surface area contributed by atoms with Gasteiger partial charge in [-0.3, -0.25) is 9.59 Å². The fraction of sp³-hybridized carbons (Fsp3) is 0.529. The van der Waals surface area contributed by atoms with Crippen LogP contribution in [0.1, 0.15) is 57.6 Å². The summed E-state index contributed by atoms with van der Waals surface area (Å²) >= 11 is 0. The third-order valence-electron chi connectivity index (χ3n) is 3.24. The van der Waals surface area contributed by atoms with Gasteiger partial charge in [-0.1, -0.05) is 19.4 Å². The van der Waals surface area contributed by atoms with E-state index in [9.17, 15) is 18.4 Å².